The Hall–Kier alpha value is -2.85. The van der Waals surface area contributed by atoms with Gasteiger partial charge in [0.15, 0.2) is 10.7 Å². The van der Waals surface area contributed by atoms with Gasteiger partial charge in [0.1, 0.15) is 15.7 Å². The van der Waals surface area contributed by atoms with Crippen LogP contribution in [0.1, 0.15) is 73.8 Å². The van der Waals surface area contributed by atoms with Gasteiger partial charge in [-0.1, -0.05) is 36.8 Å². The van der Waals surface area contributed by atoms with Crippen molar-refractivity contribution in [3.05, 3.63) is 39.3 Å². The fraction of sp³-hybridized carbons (Fsp3) is 0.478. The van der Waals surface area contributed by atoms with E-state index in [4.69, 9.17) is 27.7 Å². The average molecular weight is 502 g/mol. The minimum atomic E-state index is -0.177. The molecule has 1 saturated carbocycles. The zero-order chi connectivity index (χ0) is 24.4. The van der Waals surface area contributed by atoms with Gasteiger partial charge in [0, 0.05) is 25.4 Å². The molecular weight excluding hydrogens is 472 g/mol. The normalized spacial score (nSPS) is 19.0. The van der Waals surface area contributed by atoms with Crippen LogP contribution in [0.25, 0.3) is 11.0 Å². The lowest BCUT2D eigenvalue weighted by atomic mass is 9.90. The predicted octanol–water partition coefficient (Wildman–Crippen LogP) is 2.54. The van der Waals surface area contributed by atoms with Crippen LogP contribution in [-0.2, 0) is 6.42 Å². The highest BCUT2D eigenvalue weighted by atomic mass is 35.5. The van der Waals surface area contributed by atoms with Crippen molar-refractivity contribution in [1.82, 2.24) is 24.8 Å². The number of rotatable bonds is 6. The molecular formula is C23H30ClN8OS+. The first-order valence-electron chi connectivity index (χ1n) is 11.4. The van der Waals surface area contributed by atoms with Crippen LogP contribution in [0.15, 0.2) is 23.5 Å². The number of nitrogens with zero attached hydrogens (tertiary/aromatic N) is 5. The summed E-state index contributed by atoms with van der Waals surface area (Å²) in [5.41, 5.74) is 8.06. The fourth-order valence-electron chi connectivity index (χ4n) is 4.49. The summed E-state index contributed by atoms with van der Waals surface area (Å²) in [6.07, 6.45) is 7.82. The Labute approximate surface area is 207 Å². The number of pyridine rings is 1. The van der Waals surface area contributed by atoms with Gasteiger partial charge in [0.05, 0.1) is 17.9 Å². The molecule has 0 radical (unpaired) electrons. The Morgan fingerprint density at radius 1 is 1.38 bits per heavy atom. The van der Waals surface area contributed by atoms with Crippen LogP contribution in [0.3, 0.4) is 0 Å². The smallest absolute Gasteiger partial charge is 0.342 e. The Bertz CT molecular complexity index is 1240. The molecule has 3 aromatic rings. The van der Waals surface area contributed by atoms with Crippen molar-refractivity contribution in [2.24, 2.45) is 16.6 Å². The molecule has 1 amide bonds. The van der Waals surface area contributed by atoms with E-state index < -0.39 is 0 Å². The Morgan fingerprint density at radius 3 is 2.85 bits per heavy atom. The van der Waals surface area contributed by atoms with Gasteiger partial charge in [0.2, 0.25) is 5.84 Å². The number of aliphatic imine (C=N–C) groups is 1. The maximum Gasteiger partial charge on any atom is 0.342 e. The molecule has 3 heterocycles. The molecule has 0 bridgehead atoms. The number of hydrogen-bond donors (Lipinski definition) is 3. The Balaban J connectivity index is 1.65. The molecule has 180 valence electrons. The number of nitrogens with one attached hydrogen (secondary N) is 1. The van der Waals surface area contributed by atoms with E-state index in [1.54, 1.807) is 13.1 Å². The molecule has 1 aliphatic rings. The molecule has 1 aliphatic carbocycles. The molecule has 34 heavy (non-hydrogen) atoms. The highest BCUT2D eigenvalue weighted by molar-refractivity contribution is 7.17. The lowest BCUT2D eigenvalue weighted by Gasteiger charge is -2.32. The molecule has 11 heteroatoms. The number of amides is 1. The summed E-state index contributed by atoms with van der Waals surface area (Å²) in [6.45, 7) is 6.05. The van der Waals surface area contributed by atoms with E-state index in [1.807, 2.05) is 6.07 Å². The summed E-state index contributed by atoms with van der Waals surface area (Å²) in [7, 11) is 0. The molecule has 3 aromatic heterocycles. The highest BCUT2D eigenvalue weighted by Gasteiger charge is 2.29. The molecule has 0 aliphatic heterocycles. The van der Waals surface area contributed by atoms with Crippen LogP contribution in [0.5, 0.6) is 0 Å². The third-order valence-corrected chi connectivity index (χ3v) is 6.93. The Morgan fingerprint density at radius 2 is 2.18 bits per heavy atom. The van der Waals surface area contributed by atoms with E-state index in [2.05, 4.69) is 38.7 Å². The number of carbonyl (C=O) groups is 1. The number of carbonyl (C=O) groups excluding carboxylic acids is 1. The minimum Gasteiger partial charge on any atom is -0.367 e. The van der Waals surface area contributed by atoms with Gasteiger partial charge in [-0.2, -0.15) is 0 Å². The van der Waals surface area contributed by atoms with Crippen molar-refractivity contribution in [2.75, 3.05) is 0 Å². The topological polar surface area (TPSA) is 137 Å². The van der Waals surface area contributed by atoms with Gasteiger partial charge in [-0.3, -0.25) is 10.2 Å². The van der Waals surface area contributed by atoms with Crippen LogP contribution in [0.2, 0.25) is 4.34 Å². The maximum absolute atomic E-state index is 12.7. The van der Waals surface area contributed by atoms with Gasteiger partial charge in [-0.25, -0.2) is 15.0 Å². The lowest BCUT2D eigenvalue weighted by Crippen LogP contribution is -2.40. The molecule has 0 spiro atoms. The number of fused-ring (bicyclic) bond motifs is 1. The fourth-order valence-corrected chi connectivity index (χ4v) is 5.30. The van der Waals surface area contributed by atoms with E-state index >= 15 is 0 Å². The van der Waals surface area contributed by atoms with Crippen molar-refractivity contribution < 1.29 is 10.2 Å². The summed E-state index contributed by atoms with van der Waals surface area (Å²) in [5, 5.41) is 9.67. The number of nitrogens with two attached hydrogens (primary N) is 2. The first-order chi connectivity index (χ1) is 16.2. The summed E-state index contributed by atoms with van der Waals surface area (Å²) in [4.78, 5) is 30.3. The first kappa shape index (κ1) is 24.3. The summed E-state index contributed by atoms with van der Waals surface area (Å²) in [5.74, 6) is 1.93. The van der Waals surface area contributed by atoms with Crippen LogP contribution >= 0.6 is 22.9 Å². The third-order valence-electron chi connectivity index (χ3n) is 5.82. The van der Waals surface area contributed by atoms with Crippen molar-refractivity contribution in [2.45, 2.75) is 65.0 Å². The summed E-state index contributed by atoms with van der Waals surface area (Å²) >= 11 is 7.14. The van der Waals surface area contributed by atoms with Crippen LogP contribution < -0.4 is 16.5 Å². The molecule has 1 unspecified atom stereocenters. The number of amidine groups is 2. The SMILES string of the molecule is CC(N)=NC(=[NH2+])c1cc2c(cn1)nc(CC(C)C)n2[C@@H]1CCCC(NC(=O)c2ncc(Cl)s2)C1. The van der Waals surface area contributed by atoms with Gasteiger partial charge in [0.25, 0.3) is 5.91 Å². The second-order valence-electron chi connectivity index (χ2n) is 9.15. The Kier molecular flexibility index (Phi) is 7.27. The second kappa shape index (κ2) is 10.2. The number of hydrogen-bond acceptors (Lipinski definition) is 5. The van der Waals surface area contributed by atoms with Gasteiger partial charge in [-0.05, 0) is 42.7 Å². The van der Waals surface area contributed by atoms with Gasteiger partial charge < -0.3 is 15.6 Å². The number of aromatic nitrogens is 4. The summed E-state index contributed by atoms with van der Waals surface area (Å²) in [6, 6.07) is 2.17. The zero-order valence-corrected chi connectivity index (χ0v) is 21.2. The van der Waals surface area contributed by atoms with Crippen molar-refractivity contribution in [1.29, 1.82) is 0 Å². The summed E-state index contributed by atoms with van der Waals surface area (Å²) < 4.78 is 2.82. The third kappa shape index (κ3) is 5.44. The number of halogens is 1. The number of imidazole rings is 1. The maximum atomic E-state index is 12.7. The molecule has 1 fully saturated rings. The van der Waals surface area contributed by atoms with Gasteiger partial charge >= 0.3 is 5.84 Å². The van der Waals surface area contributed by atoms with E-state index in [0.717, 1.165) is 49.0 Å². The minimum absolute atomic E-state index is 0.0423. The lowest BCUT2D eigenvalue weighted by molar-refractivity contribution is -0.114. The van der Waals surface area contributed by atoms with Crippen LogP contribution in [0, 0.1) is 5.92 Å². The molecule has 0 saturated heterocycles. The van der Waals surface area contributed by atoms with E-state index in [-0.39, 0.29) is 23.8 Å². The van der Waals surface area contributed by atoms with E-state index in [9.17, 15) is 4.79 Å². The van der Waals surface area contributed by atoms with Crippen molar-refractivity contribution in [3.8, 4) is 0 Å². The molecule has 9 nitrogen and oxygen atoms in total. The van der Waals surface area contributed by atoms with Crippen molar-refractivity contribution in [3.63, 3.8) is 0 Å². The average Bonchev–Trinajstić information content (AvgIpc) is 3.35. The van der Waals surface area contributed by atoms with Gasteiger partial charge in [-0.15, -0.1) is 0 Å². The van der Waals surface area contributed by atoms with Crippen molar-refractivity contribution >= 4 is 51.5 Å². The van der Waals surface area contributed by atoms with Crippen LogP contribution in [0.4, 0.5) is 0 Å². The predicted molar refractivity (Wildman–Crippen MR) is 135 cm³/mol. The zero-order valence-electron chi connectivity index (χ0n) is 19.6. The molecule has 4 rings (SSSR count). The van der Waals surface area contributed by atoms with E-state index in [1.165, 1.54) is 17.5 Å². The first-order valence-corrected chi connectivity index (χ1v) is 12.6. The standard InChI is InChI=1S/C23H29ClN8OS/c1-12(2)7-20-31-17-10-27-16(21(26)29-13(3)25)9-18(17)32(20)15-6-4-5-14(8-15)30-22(33)23-28-11-19(24)34-23/h9-12,14-15H,4-8H2,1-3H3,(H,30,33)(H3,25,26,29)/p+1/t14?,15-/m1/s1. The molecule has 5 N–H and O–H groups in total. The quantitative estimate of drug-likeness (QED) is 0.352. The molecule has 2 atom stereocenters. The molecule has 0 aromatic carbocycles. The highest BCUT2D eigenvalue weighted by Crippen LogP contribution is 2.34. The van der Waals surface area contributed by atoms with E-state index in [0.29, 0.717) is 26.8 Å². The van der Waals surface area contributed by atoms with Crippen LogP contribution in [-0.4, -0.2) is 43.1 Å². The monoisotopic (exact) mass is 501 g/mol. The second-order valence-corrected chi connectivity index (χ2v) is 10.8. The largest absolute Gasteiger partial charge is 0.367 e. The number of thiazole rings is 1.